The first-order valence-corrected chi connectivity index (χ1v) is 13.8. The Kier molecular flexibility index (Phi) is 6.52. The van der Waals surface area contributed by atoms with Crippen LogP contribution in [0.4, 0.5) is 0 Å². The summed E-state index contributed by atoms with van der Waals surface area (Å²) in [5, 5.41) is 0. The van der Waals surface area contributed by atoms with Crippen LogP contribution in [0.3, 0.4) is 0 Å². The number of fused-ring (bicyclic) bond motifs is 5. The standard InChI is InChI=1S/C31H48O3/c1-20(10-9-11-21(2)27(33)34-8)22-14-18-31(7)24-12-13-25-28(3,4)26(32)16-17-29(25,5)23(24)15-19-30(22,31)6/h11-12,20,22-23,25H,9-10,13-19H2,1-8H3/b21-11+/t20-,22-,23+,25+,29-,30+,31-/m1/s1. The molecule has 0 aliphatic heterocycles. The van der Waals surface area contributed by atoms with Crippen molar-refractivity contribution in [2.75, 3.05) is 7.11 Å². The number of ether oxygens (including phenoxy) is 1. The Bertz CT molecular complexity index is 910. The van der Waals surface area contributed by atoms with Crippen LogP contribution in [0.25, 0.3) is 0 Å². The molecule has 7 atom stereocenters. The van der Waals surface area contributed by atoms with Gasteiger partial charge in [-0.15, -0.1) is 0 Å². The maximum Gasteiger partial charge on any atom is 0.333 e. The van der Waals surface area contributed by atoms with Crippen LogP contribution < -0.4 is 0 Å². The molecule has 3 nitrogen and oxygen atoms in total. The minimum atomic E-state index is -0.213. The molecule has 34 heavy (non-hydrogen) atoms. The summed E-state index contributed by atoms with van der Waals surface area (Å²) < 4.78 is 4.85. The van der Waals surface area contributed by atoms with Crippen LogP contribution in [-0.2, 0) is 14.3 Å². The molecule has 0 N–H and O–H groups in total. The van der Waals surface area contributed by atoms with Crippen molar-refractivity contribution >= 4 is 11.8 Å². The first-order valence-electron chi connectivity index (χ1n) is 13.8. The second kappa shape index (κ2) is 8.63. The molecule has 0 radical (unpaired) electrons. The van der Waals surface area contributed by atoms with E-state index >= 15 is 0 Å². The number of methoxy groups -OCH3 is 1. The molecule has 0 spiro atoms. The van der Waals surface area contributed by atoms with Crippen molar-refractivity contribution in [2.45, 2.75) is 106 Å². The number of carbonyl (C=O) groups excluding carboxylic acids is 2. The lowest BCUT2D eigenvalue weighted by atomic mass is 9.41. The minimum absolute atomic E-state index is 0.195. The predicted molar refractivity (Wildman–Crippen MR) is 138 cm³/mol. The molecule has 0 saturated heterocycles. The number of ketones is 1. The van der Waals surface area contributed by atoms with Gasteiger partial charge in [-0.3, -0.25) is 4.79 Å². The monoisotopic (exact) mass is 468 g/mol. The molecule has 0 aromatic rings. The molecule has 3 fully saturated rings. The molecule has 0 amide bonds. The van der Waals surface area contributed by atoms with E-state index in [-0.39, 0.29) is 22.2 Å². The van der Waals surface area contributed by atoms with Crippen molar-refractivity contribution in [2.24, 2.45) is 45.3 Å². The molecule has 0 aromatic carbocycles. The molecule has 0 bridgehead atoms. The van der Waals surface area contributed by atoms with Gasteiger partial charge in [-0.2, -0.15) is 0 Å². The molecule has 4 aliphatic rings. The molecule has 3 heteroatoms. The predicted octanol–water partition coefficient (Wildman–Crippen LogP) is 7.70. The van der Waals surface area contributed by atoms with Gasteiger partial charge in [-0.05, 0) is 98.2 Å². The lowest BCUT2D eigenvalue weighted by molar-refractivity contribution is -0.146. The summed E-state index contributed by atoms with van der Waals surface area (Å²) in [6, 6.07) is 0. The van der Waals surface area contributed by atoms with Gasteiger partial charge >= 0.3 is 5.97 Å². The Hall–Kier alpha value is -1.38. The number of allylic oxidation sites excluding steroid dienone is 3. The summed E-state index contributed by atoms with van der Waals surface area (Å²) in [5.74, 6) is 2.74. The van der Waals surface area contributed by atoms with Gasteiger partial charge in [-0.1, -0.05) is 59.3 Å². The second-order valence-corrected chi connectivity index (χ2v) is 13.5. The van der Waals surface area contributed by atoms with Crippen molar-refractivity contribution in [3.63, 3.8) is 0 Å². The molecule has 4 aliphatic carbocycles. The van der Waals surface area contributed by atoms with Gasteiger partial charge in [0.2, 0.25) is 0 Å². The Morgan fingerprint density at radius 3 is 2.53 bits per heavy atom. The smallest absolute Gasteiger partial charge is 0.333 e. The average Bonchev–Trinajstić information content (AvgIpc) is 3.07. The third-order valence-corrected chi connectivity index (χ3v) is 11.9. The topological polar surface area (TPSA) is 43.4 Å². The van der Waals surface area contributed by atoms with Gasteiger partial charge in [0.15, 0.2) is 0 Å². The zero-order chi connectivity index (χ0) is 25.1. The number of esters is 1. The molecule has 4 rings (SSSR count). The largest absolute Gasteiger partial charge is 0.466 e. The van der Waals surface area contributed by atoms with E-state index in [1.54, 1.807) is 5.57 Å². The zero-order valence-electron chi connectivity index (χ0n) is 23.1. The van der Waals surface area contributed by atoms with Crippen molar-refractivity contribution in [3.05, 3.63) is 23.3 Å². The number of hydrogen-bond donors (Lipinski definition) is 0. The Labute approximate surface area is 208 Å². The number of Topliss-reactive ketones (excluding diaryl/α,β-unsaturated/α-hetero) is 1. The van der Waals surface area contributed by atoms with E-state index in [0.717, 1.165) is 43.6 Å². The molecule has 0 unspecified atom stereocenters. The van der Waals surface area contributed by atoms with Gasteiger partial charge < -0.3 is 4.74 Å². The van der Waals surface area contributed by atoms with Crippen LogP contribution >= 0.6 is 0 Å². The minimum Gasteiger partial charge on any atom is -0.466 e. The zero-order valence-corrected chi connectivity index (χ0v) is 23.1. The van der Waals surface area contributed by atoms with Crippen LogP contribution in [-0.4, -0.2) is 18.9 Å². The van der Waals surface area contributed by atoms with E-state index in [1.807, 2.05) is 6.92 Å². The highest BCUT2D eigenvalue weighted by Crippen LogP contribution is 2.73. The Morgan fingerprint density at radius 2 is 1.85 bits per heavy atom. The average molecular weight is 469 g/mol. The normalized spacial score (nSPS) is 42.2. The van der Waals surface area contributed by atoms with E-state index in [1.165, 1.54) is 32.8 Å². The van der Waals surface area contributed by atoms with E-state index in [4.69, 9.17) is 4.74 Å². The maximum absolute atomic E-state index is 12.8. The quantitative estimate of drug-likeness (QED) is 0.236. The molecular formula is C31H48O3. The van der Waals surface area contributed by atoms with Gasteiger partial charge in [0.05, 0.1) is 7.11 Å². The highest BCUT2D eigenvalue weighted by Gasteiger charge is 2.65. The Morgan fingerprint density at radius 1 is 1.15 bits per heavy atom. The van der Waals surface area contributed by atoms with Gasteiger partial charge in [0.1, 0.15) is 5.78 Å². The van der Waals surface area contributed by atoms with Crippen LogP contribution in [0, 0.1) is 45.3 Å². The fraction of sp³-hybridized carbons (Fsp3) is 0.806. The summed E-state index contributed by atoms with van der Waals surface area (Å²) in [7, 11) is 1.45. The van der Waals surface area contributed by atoms with Crippen LogP contribution in [0.1, 0.15) is 106 Å². The van der Waals surface area contributed by atoms with Gasteiger partial charge in [0, 0.05) is 17.4 Å². The van der Waals surface area contributed by atoms with Crippen LogP contribution in [0.2, 0.25) is 0 Å². The second-order valence-electron chi connectivity index (χ2n) is 13.5. The fourth-order valence-electron chi connectivity index (χ4n) is 9.47. The van der Waals surface area contributed by atoms with E-state index in [0.29, 0.717) is 29.0 Å². The first-order chi connectivity index (χ1) is 15.8. The third-order valence-electron chi connectivity index (χ3n) is 11.9. The fourth-order valence-corrected chi connectivity index (χ4v) is 9.47. The lowest BCUT2D eigenvalue weighted by Gasteiger charge is -2.63. The summed E-state index contributed by atoms with van der Waals surface area (Å²) in [6.07, 6.45) is 14.8. The maximum atomic E-state index is 12.8. The van der Waals surface area contributed by atoms with Crippen LogP contribution in [0.15, 0.2) is 23.3 Å². The summed E-state index contributed by atoms with van der Waals surface area (Å²) >= 11 is 0. The molecule has 3 saturated carbocycles. The third kappa shape index (κ3) is 3.58. The number of carbonyl (C=O) groups is 2. The molecule has 190 valence electrons. The molecule has 0 aromatic heterocycles. The molecular weight excluding hydrogens is 420 g/mol. The van der Waals surface area contributed by atoms with E-state index in [2.05, 4.69) is 53.7 Å². The Balaban J connectivity index is 1.56. The number of hydrogen-bond acceptors (Lipinski definition) is 3. The van der Waals surface area contributed by atoms with E-state index < -0.39 is 0 Å². The van der Waals surface area contributed by atoms with Crippen molar-refractivity contribution in [1.29, 1.82) is 0 Å². The van der Waals surface area contributed by atoms with E-state index in [9.17, 15) is 9.59 Å². The van der Waals surface area contributed by atoms with Crippen molar-refractivity contribution in [1.82, 2.24) is 0 Å². The van der Waals surface area contributed by atoms with Crippen molar-refractivity contribution in [3.8, 4) is 0 Å². The van der Waals surface area contributed by atoms with Gasteiger partial charge in [0.25, 0.3) is 0 Å². The lowest BCUT2D eigenvalue weighted by Crippen LogP contribution is -2.57. The summed E-state index contributed by atoms with van der Waals surface area (Å²) in [6.45, 7) is 16.4. The van der Waals surface area contributed by atoms with Gasteiger partial charge in [-0.25, -0.2) is 4.79 Å². The first kappa shape index (κ1) is 25.7. The summed E-state index contributed by atoms with van der Waals surface area (Å²) in [4.78, 5) is 24.5. The summed E-state index contributed by atoms with van der Waals surface area (Å²) in [5.41, 5.74) is 3.14. The SMILES string of the molecule is COC(=O)/C(C)=C/CC[C@@H](C)[C@H]1CC[C@]2(C)C3=CC[C@H]4C(C)(C)C(=O)CC[C@]4(C)[C@H]3CC[C@@]12C. The van der Waals surface area contributed by atoms with Crippen LogP contribution in [0.5, 0.6) is 0 Å². The number of rotatable bonds is 5. The van der Waals surface area contributed by atoms with Crippen molar-refractivity contribution < 1.29 is 14.3 Å². The highest BCUT2D eigenvalue weighted by atomic mass is 16.5. The highest BCUT2D eigenvalue weighted by molar-refractivity contribution is 5.87. The molecule has 0 heterocycles.